The van der Waals surface area contributed by atoms with Crippen LogP contribution in [0, 0.1) is 25.2 Å². The third kappa shape index (κ3) is 3.57. The molecule has 1 heterocycles. The maximum absolute atomic E-state index is 5.68. The normalized spacial score (nSPS) is 15.2. The van der Waals surface area contributed by atoms with E-state index < -0.39 is 0 Å². The first-order chi connectivity index (χ1) is 8.22. The van der Waals surface area contributed by atoms with Crippen LogP contribution >= 0.6 is 11.3 Å². The molecule has 2 nitrogen and oxygen atoms in total. The number of hydrogen-bond donors (Lipinski definition) is 1. The molecule has 0 aromatic carbocycles. The molecule has 1 saturated carbocycles. The van der Waals surface area contributed by atoms with Crippen molar-refractivity contribution in [3.05, 3.63) is 21.4 Å². The first kappa shape index (κ1) is 12.6. The van der Waals surface area contributed by atoms with E-state index in [1.54, 1.807) is 11.3 Å². The van der Waals surface area contributed by atoms with Crippen molar-refractivity contribution < 1.29 is 0 Å². The van der Waals surface area contributed by atoms with Crippen molar-refractivity contribution >= 4 is 11.3 Å². The summed E-state index contributed by atoms with van der Waals surface area (Å²) >= 11 is 1.81. The second kappa shape index (κ2) is 5.68. The molecule has 1 fully saturated rings. The molecule has 0 atom stereocenters. The zero-order valence-electron chi connectivity index (χ0n) is 10.4. The Kier molecular flexibility index (Phi) is 4.22. The minimum absolute atomic E-state index is 0.642. The summed E-state index contributed by atoms with van der Waals surface area (Å²) in [6.07, 6.45) is 8.19. The third-order valence-corrected chi connectivity index (χ3v) is 4.31. The molecule has 17 heavy (non-hydrogen) atoms. The van der Waals surface area contributed by atoms with Crippen LogP contribution < -0.4 is 5.73 Å². The van der Waals surface area contributed by atoms with Crippen LogP contribution in [-0.4, -0.2) is 18.0 Å². The lowest BCUT2D eigenvalue weighted by atomic mass is 10.2. The van der Waals surface area contributed by atoms with Gasteiger partial charge in [-0.1, -0.05) is 5.92 Å². The molecular weight excluding hydrogens is 228 g/mol. The fourth-order valence-corrected chi connectivity index (χ4v) is 3.00. The molecule has 1 aromatic heterocycles. The van der Waals surface area contributed by atoms with Gasteiger partial charge in [0.05, 0.1) is 6.54 Å². The van der Waals surface area contributed by atoms with Crippen LogP contribution in [0.1, 0.15) is 28.2 Å². The van der Waals surface area contributed by atoms with Crippen LogP contribution in [0.5, 0.6) is 0 Å². The lowest BCUT2D eigenvalue weighted by Gasteiger charge is -2.19. The topological polar surface area (TPSA) is 29.3 Å². The highest BCUT2D eigenvalue weighted by atomic mass is 32.1. The van der Waals surface area contributed by atoms with Gasteiger partial charge in [0.25, 0.3) is 0 Å². The molecule has 1 aliphatic carbocycles. The molecule has 2 N–H and O–H groups in total. The number of terminal acetylenes is 1. The van der Waals surface area contributed by atoms with E-state index in [2.05, 4.69) is 23.8 Å². The standard InChI is InChI=1S/C14H20N2S/c1-3-6-16(9-12-4-5-12)10-13-7-14(8-15)17-11(13)2/h1,7,12H,4-6,8-10,15H2,2H3. The van der Waals surface area contributed by atoms with Gasteiger partial charge in [-0.2, -0.15) is 0 Å². The van der Waals surface area contributed by atoms with Crippen LogP contribution in [0.15, 0.2) is 6.07 Å². The SMILES string of the molecule is C#CCN(Cc1cc(CN)sc1C)CC1CC1. The summed E-state index contributed by atoms with van der Waals surface area (Å²) in [4.78, 5) is 5.03. The molecule has 0 radical (unpaired) electrons. The van der Waals surface area contributed by atoms with Gasteiger partial charge in [-0.25, -0.2) is 0 Å². The summed E-state index contributed by atoms with van der Waals surface area (Å²) in [6.45, 7) is 5.69. The second-order valence-electron chi connectivity index (χ2n) is 4.82. The Morgan fingerprint density at radius 3 is 2.88 bits per heavy atom. The summed E-state index contributed by atoms with van der Waals surface area (Å²) in [7, 11) is 0. The van der Waals surface area contributed by atoms with Gasteiger partial charge in [-0.05, 0) is 37.3 Å². The van der Waals surface area contributed by atoms with E-state index in [-0.39, 0.29) is 0 Å². The van der Waals surface area contributed by atoms with Gasteiger partial charge >= 0.3 is 0 Å². The molecule has 0 spiro atoms. The summed E-state index contributed by atoms with van der Waals surface area (Å²) in [6, 6.07) is 2.23. The molecule has 0 amide bonds. The van der Waals surface area contributed by atoms with Crippen molar-refractivity contribution in [2.24, 2.45) is 11.7 Å². The van der Waals surface area contributed by atoms with Crippen molar-refractivity contribution in [2.45, 2.75) is 32.9 Å². The maximum Gasteiger partial charge on any atom is 0.0601 e. The average molecular weight is 248 g/mol. The fraction of sp³-hybridized carbons (Fsp3) is 0.571. The molecule has 92 valence electrons. The zero-order chi connectivity index (χ0) is 12.3. The molecule has 0 unspecified atom stereocenters. The number of nitrogens with zero attached hydrogens (tertiary/aromatic N) is 1. The largest absolute Gasteiger partial charge is 0.326 e. The van der Waals surface area contributed by atoms with Gasteiger partial charge in [0.15, 0.2) is 0 Å². The molecule has 0 saturated heterocycles. The highest BCUT2D eigenvalue weighted by molar-refractivity contribution is 7.12. The van der Waals surface area contributed by atoms with Gasteiger partial charge in [0.2, 0.25) is 0 Å². The summed E-state index contributed by atoms with van der Waals surface area (Å²) in [5.41, 5.74) is 7.07. The summed E-state index contributed by atoms with van der Waals surface area (Å²) in [5, 5.41) is 0. The van der Waals surface area contributed by atoms with E-state index in [9.17, 15) is 0 Å². The minimum atomic E-state index is 0.642. The number of thiophene rings is 1. The number of rotatable bonds is 6. The number of hydrogen-bond acceptors (Lipinski definition) is 3. The van der Waals surface area contributed by atoms with Crippen molar-refractivity contribution in [3.63, 3.8) is 0 Å². The van der Waals surface area contributed by atoms with E-state index in [4.69, 9.17) is 12.2 Å². The Bertz CT molecular complexity index is 412. The lowest BCUT2D eigenvalue weighted by Crippen LogP contribution is -2.26. The summed E-state index contributed by atoms with van der Waals surface area (Å²) in [5.74, 6) is 3.65. The first-order valence-electron chi connectivity index (χ1n) is 6.17. The first-order valence-corrected chi connectivity index (χ1v) is 6.98. The van der Waals surface area contributed by atoms with E-state index in [0.717, 1.165) is 25.6 Å². The van der Waals surface area contributed by atoms with Crippen molar-refractivity contribution in [3.8, 4) is 12.3 Å². The highest BCUT2D eigenvalue weighted by Crippen LogP contribution is 2.30. The highest BCUT2D eigenvalue weighted by Gasteiger charge is 2.24. The molecule has 1 aliphatic rings. The van der Waals surface area contributed by atoms with Crippen molar-refractivity contribution in [1.29, 1.82) is 0 Å². The predicted octanol–water partition coefficient (Wildman–Crippen LogP) is 2.36. The molecule has 0 bridgehead atoms. The monoisotopic (exact) mass is 248 g/mol. The molecule has 1 aromatic rings. The predicted molar refractivity (Wildman–Crippen MR) is 73.8 cm³/mol. The van der Waals surface area contributed by atoms with E-state index >= 15 is 0 Å². The zero-order valence-corrected chi connectivity index (χ0v) is 11.2. The Labute approximate surface area is 108 Å². The average Bonchev–Trinajstić information content (AvgIpc) is 3.04. The van der Waals surface area contributed by atoms with Crippen LogP contribution in [0.25, 0.3) is 0 Å². The van der Waals surface area contributed by atoms with Crippen molar-refractivity contribution in [2.75, 3.05) is 13.1 Å². The molecule has 0 aliphatic heterocycles. The van der Waals surface area contributed by atoms with E-state index in [0.29, 0.717) is 6.54 Å². The van der Waals surface area contributed by atoms with Crippen LogP contribution in [0.4, 0.5) is 0 Å². The molecule has 2 rings (SSSR count). The number of aryl methyl sites for hydroxylation is 1. The van der Waals surface area contributed by atoms with Gasteiger partial charge in [-0.15, -0.1) is 17.8 Å². The van der Waals surface area contributed by atoms with Crippen LogP contribution in [0.3, 0.4) is 0 Å². The Morgan fingerprint density at radius 1 is 1.59 bits per heavy atom. The van der Waals surface area contributed by atoms with Crippen LogP contribution in [0.2, 0.25) is 0 Å². The Balaban J connectivity index is 1.99. The number of nitrogens with two attached hydrogens (primary N) is 1. The smallest absolute Gasteiger partial charge is 0.0601 e. The second-order valence-corrected chi connectivity index (χ2v) is 6.16. The Morgan fingerprint density at radius 2 is 2.35 bits per heavy atom. The lowest BCUT2D eigenvalue weighted by molar-refractivity contribution is 0.286. The minimum Gasteiger partial charge on any atom is -0.326 e. The molecule has 3 heteroatoms. The quantitative estimate of drug-likeness (QED) is 0.783. The fourth-order valence-electron chi connectivity index (χ4n) is 2.07. The molecular formula is C14H20N2S. The Hall–Kier alpha value is -0.820. The third-order valence-electron chi connectivity index (χ3n) is 3.19. The van der Waals surface area contributed by atoms with E-state index in [1.807, 2.05) is 0 Å². The summed E-state index contributed by atoms with van der Waals surface area (Å²) < 4.78 is 0. The van der Waals surface area contributed by atoms with Gasteiger partial charge in [0.1, 0.15) is 0 Å². The van der Waals surface area contributed by atoms with Crippen molar-refractivity contribution in [1.82, 2.24) is 4.90 Å². The van der Waals surface area contributed by atoms with Gasteiger partial charge in [0, 0.05) is 29.4 Å². The maximum atomic E-state index is 5.68. The van der Waals surface area contributed by atoms with Gasteiger partial charge < -0.3 is 5.73 Å². The van der Waals surface area contributed by atoms with Gasteiger partial charge in [-0.3, -0.25) is 4.90 Å². The van der Waals surface area contributed by atoms with Crippen LogP contribution in [-0.2, 0) is 13.1 Å². The van der Waals surface area contributed by atoms with E-state index in [1.165, 1.54) is 28.2 Å².